The first kappa shape index (κ1) is 36.6. The maximum Gasteiger partial charge on any atom is 0.491 e. The molecular weight excluding hydrogens is 682 g/mol. The highest BCUT2D eigenvalue weighted by Gasteiger charge is 2.44. The Kier molecular flexibility index (Phi) is 10.8. The lowest BCUT2D eigenvalue weighted by atomic mass is 10.0. The third kappa shape index (κ3) is 8.64. The minimum atomic E-state index is -5.69. The lowest BCUT2D eigenvalue weighted by Gasteiger charge is -2.20. The second-order valence-electron chi connectivity index (χ2n) is 10.1. The van der Waals surface area contributed by atoms with Gasteiger partial charge in [0.25, 0.3) is 17.8 Å². The summed E-state index contributed by atoms with van der Waals surface area (Å²) in [5, 5.41) is 23.7. The van der Waals surface area contributed by atoms with E-state index in [1.165, 1.54) is 25.1 Å². The Labute approximate surface area is 268 Å². The molecule has 0 radical (unpaired) electrons. The Bertz CT molecular complexity index is 1910. The molecule has 0 aliphatic heterocycles. The van der Waals surface area contributed by atoms with Gasteiger partial charge >= 0.3 is 18.3 Å². The lowest BCUT2D eigenvalue weighted by Crippen LogP contribution is -2.40. The summed E-state index contributed by atoms with van der Waals surface area (Å²) in [7, 11) is 0. The fraction of sp³-hybridized carbons (Fsp3) is 0.276. The zero-order valence-corrected chi connectivity index (χ0v) is 24.7. The number of ether oxygens (including phenoxy) is 2. The molecular formula is C29H23F8N5O7. The van der Waals surface area contributed by atoms with E-state index in [4.69, 9.17) is 0 Å². The summed E-state index contributed by atoms with van der Waals surface area (Å²) in [6.07, 6.45) is -13.8. The zero-order chi connectivity index (χ0) is 36.3. The van der Waals surface area contributed by atoms with Crippen LogP contribution in [0.2, 0.25) is 0 Å². The molecule has 0 spiro atoms. The largest absolute Gasteiger partial charge is 0.491 e. The topological polar surface area (TPSA) is 165 Å². The van der Waals surface area contributed by atoms with E-state index >= 15 is 0 Å². The van der Waals surface area contributed by atoms with Crippen LogP contribution >= 0.6 is 0 Å². The molecule has 2 aromatic carbocycles. The van der Waals surface area contributed by atoms with E-state index in [-0.39, 0.29) is 33.9 Å². The van der Waals surface area contributed by atoms with Crippen LogP contribution in [0.15, 0.2) is 53.3 Å². The number of halogens is 8. The number of fused-ring (bicyclic) bond motifs is 1. The molecule has 0 saturated carbocycles. The van der Waals surface area contributed by atoms with Crippen LogP contribution in [0.5, 0.6) is 0 Å². The number of aromatic nitrogens is 3. The van der Waals surface area contributed by atoms with Crippen molar-refractivity contribution in [3.63, 3.8) is 0 Å². The molecule has 262 valence electrons. The molecule has 0 aliphatic carbocycles. The van der Waals surface area contributed by atoms with Gasteiger partial charge in [0.15, 0.2) is 5.65 Å². The molecule has 1 amide bonds. The second kappa shape index (κ2) is 14.5. The van der Waals surface area contributed by atoms with E-state index in [1.807, 2.05) is 5.32 Å². The highest BCUT2D eigenvalue weighted by Crippen LogP contribution is 2.33. The summed E-state index contributed by atoms with van der Waals surface area (Å²) >= 11 is 0. The van der Waals surface area contributed by atoms with Gasteiger partial charge in [-0.05, 0) is 42.8 Å². The van der Waals surface area contributed by atoms with Crippen LogP contribution in [0.4, 0.5) is 46.8 Å². The Balaban J connectivity index is 1.87. The van der Waals surface area contributed by atoms with E-state index in [9.17, 15) is 59.7 Å². The Morgan fingerprint density at radius 2 is 1.61 bits per heavy atom. The Morgan fingerprint density at radius 3 is 2.20 bits per heavy atom. The Morgan fingerprint density at radius 1 is 0.959 bits per heavy atom. The number of benzene rings is 2. The molecule has 2 aromatic heterocycles. The van der Waals surface area contributed by atoms with Crippen molar-refractivity contribution in [1.82, 2.24) is 14.5 Å². The summed E-state index contributed by atoms with van der Waals surface area (Å²) in [4.78, 5) is 45.6. The van der Waals surface area contributed by atoms with Gasteiger partial charge in [-0.1, -0.05) is 12.1 Å². The number of nitrogens with zero attached hydrogens (tertiary/aromatic N) is 3. The van der Waals surface area contributed by atoms with Crippen LogP contribution in [0.25, 0.3) is 28.0 Å². The van der Waals surface area contributed by atoms with Gasteiger partial charge in [0.1, 0.15) is 23.9 Å². The first-order valence-electron chi connectivity index (χ1n) is 13.7. The molecule has 2 heterocycles. The number of carbonyl (C=O) groups excluding carboxylic acids is 2. The van der Waals surface area contributed by atoms with Crippen LogP contribution in [0.1, 0.15) is 5.56 Å². The third-order valence-electron chi connectivity index (χ3n) is 6.50. The number of amides is 1. The van der Waals surface area contributed by atoms with Crippen molar-refractivity contribution >= 4 is 34.5 Å². The van der Waals surface area contributed by atoms with Crippen LogP contribution in [-0.4, -0.2) is 81.1 Å². The number of para-hydroxylation sites is 1. The number of aliphatic hydroxyl groups is 2. The molecule has 0 fully saturated rings. The highest BCUT2D eigenvalue weighted by molar-refractivity contribution is 5.97. The van der Waals surface area contributed by atoms with Crippen molar-refractivity contribution in [1.29, 1.82) is 0 Å². The maximum atomic E-state index is 14.9. The number of esters is 1. The van der Waals surface area contributed by atoms with Crippen molar-refractivity contribution in [2.24, 2.45) is 0 Å². The zero-order valence-electron chi connectivity index (χ0n) is 24.7. The molecule has 0 saturated heterocycles. The molecule has 4 aromatic rings. The van der Waals surface area contributed by atoms with Crippen LogP contribution in [-0.2, 0) is 19.1 Å². The van der Waals surface area contributed by atoms with Crippen molar-refractivity contribution in [3.05, 3.63) is 76.1 Å². The number of hydrogen-bond acceptors (Lipinski definition) is 10. The van der Waals surface area contributed by atoms with E-state index in [0.717, 1.165) is 30.3 Å². The smallest absolute Gasteiger partial charge is 0.419 e. The second-order valence-corrected chi connectivity index (χ2v) is 10.1. The van der Waals surface area contributed by atoms with Gasteiger partial charge in [0.2, 0.25) is 5.95 Å². The number of hydrogen-bond donors (Lipinski definition) is 4. The molecule has 20 heteroatoms. The van der Waals surface area contributed by atoms with Crippen LogP contribution < -0.4 is 16.2 Å². The molecule has 1 atom stereocenters. The standard InChI is InChI=1S/C29H23F8N5O7/c1-13-5-6-14(38-24(46)25(48-12-28(32,33)34)49-26(47)29(35,36)37)9-17(13)21-16-7-8-20(45)42(22-18(30)3-2-4-19(22)31)23(16)41-27(40-21)39-15(10-43)11-44/h2-9,15,25,43-44H,10-12H2,1H3,(H,38,46)(H,39,40,41). The van der Waals surface area contributed by atoms with Crippen molar-refractivity contribution in [2.75, 3.05) is 30.5 Å². The summed E-state index contributed by atoms with van der Waals surface area (Å²) in [5.74, 6) is -7.43. The quantitative estimate of drug-likeness (QED) is 0.103. The van der Waals surface area contributed by atoms with Crippen LogP contribution in [0, 0.1) is 18.6 Å². The average Bonchev–Trinajstić information content (AvgIpc) is 3.02. The van der Waals surface area contributed by atoms with Gasteiger partial charge in [0.05, 0.1) is 24.9 Å². The number of aryl methyl sites for hydroxylation is 1. The highest BCUT2D eigenvalue weighted by atomic mass is 19.4. The number of alkyl halides is 6. The van der Waals surface area contributed by atoms with E-state index in [2.05, 4.69) is 24.8 Å². The number of rotatable bonds is 11. The van der Waals surface area contributed by atoms with Gasteiger partial charge in [0, 0.05) is 22.7 Å². The van der Waals surface area contributed by atoms with Crippen molar-refractivity contribution in [3.8, 4) is 16.9 Å². The van der Waals surface area contributed by atoms with Gasteiger partial charge in [-0.3, -0.25) is 14.2 Å². The number of aliphatic hydroxyl groups excluding tert-OH is 2. The summed E-state index contributed by atoms with van der Waals surface area (Å²) in [5.41, 5.74) is -2.12. The molecule has 49 heavy (non-hydrogen) atoms. The lowest BCUT2D eigenvalue weighted by molar-refractivity contribution is -0.243. The van der Waals surface area contributed by atoms with E-state index in [0.29, 0.717) is 10.1 Å². The van der Waals surface area contributed by atoms with Gasteiger partial charge in [-0.15, -0.1) is 0 Å². The van der Waals surface area contributed by atoms with E-state index < -0.39 is 79.3 Å². The maximum absolute atomic E-state index is 14.9. The third-order valence-corrected chi connectivity index (χ3v) is 6.50. The normalized spacial score (nSPS) is 12.7. The first-order chi connectivity index (χ1) is 22.9. The fourth-order valence-corrected chi connectivity index (χ4v) is 4.29. The summed E-state index contributed by atoms with van der Waals surface area (Å²) in [6, 6.07) is 7.52. The number of anilines is 2. The minimum absolute atomic E-state index is 0.0329. The molecule has 4 rings (SSSR count). The fourth-order valence-electron chi connectivity index (χ4n) is 4.29. The number of pyridine rings is 1. The van der Waals surface area contributed by atoms with Crippen LogP contribution in [0.3, 0.4) is 0 Å². The Hall–Kier alpha value is -5.21. The van der Waals surface area contributed by atoms with Gasteiger partial charge in [-0.2, -0.15) is 31.3 Å². The predicted octanol–water partition coefficient (Wildman–Crippen LogP) is 3.75. The molecule has 1 unspecified atom stereocenters. The molecule has 4 N–H and O–H groups in total. The number of carbonyl (C=O) groups is 2. The van der Waals surface area contributed by atoms with E-state index in [1.54, 1.807) is 0 Å². The summed E-state index contributed by atoms with van der Waals surface area (Å²) < 4.78 is 115. The first-order valence-corrected chi connectivity index (χ1v) is 13.7. The molecule has 0 bridgehead atoms. The average molecular weight is 706 g/mol. The monoisotopic (exact) mass is 705 g/mol. The molecule has 12 nitrogen and oxygen atoms in total. The van der Waals surface area contributed by atoms with Gasteiger partial charge in [-0.25, -0.2) is 18.6 Å². The van der Waals surface area contributed by atoms with Crippen molar-refractivity contribution < 1.29 is 64.4 Å². The summed E-state index contributed by atoms with van der Waals surface area (Å²) in [6.45, 7) is -2.04. The van der Waals surface area contributed by atoms with Crippen molar-refractivity contribution in [2.45, 2.75) is 31.6 Å². The minimum Gasteiger partial charge on any atom is -0.419 e. The predicted molar refractivity (Wildman–Crippen MR) is 153 cm³/mol. The SMILES string of the molecule is Cc1ccc(NC(=O)C(OCC(F)(F)F)OC(=O)C(F)(F)F)cc1-c1nc(NC(CO)CO)nc2c1ccc(=O)n2-c1c(F)cccc1F. The number of nitrogens with one attached hydrogen (secondary N) is 2. The van der Waals surface area contributed by atoms with Gasteiger partial charge < -0.3 is 30.3 Å². The molecule has 0 aliphatic rings.